The smallest absolute Gasteiger partial charge is 0.228 e. The Kier molecular flexibility index (Phi) is 7.63. The highest BCUT2D eigenvalue weighted by molar-refractivity contribution is 7.80. The van der Waals surface area contributed by atoms with Crippen molar-refractivity contribution in [1.82, 2.24) is 5.32 Å². The summed E-state index contributed by atoms with van der Waals surface area (Å²) in [5.41, 5.74) is 0.225. The van der Waals surface area contributed by atoms with Crippen LogP contribution in [0.15, 0.2) is 18.2 Å². The van der Waals surface area contributed by atoms with Crippen molar-refractivity contribution in [2.45, 2.75) is 13.8 Å². The van der Waals surface area contributed by atoms with Crippen molar-refractivity contribution in [1.29, 1.82) is 0 Å². The van der Waals surface area contributed by atoms with Crippen LogP contribution in [0.2, 0.25) is 5.02 Å². The molecule has 0 unspecified atom stereocenters. The largest absolute Gasteiger partial charge is 0.367 e. The minimum absolute atomic E-state index is 0.0139. The van der Waals surface area contributed by atoms with E-state index in [1.165, 1.54) is 0 Å². The van der Waals surface area contributed by atoms with Gasteiger partial charge in [0.2, 0.25) is 11.7 Å². The molecule has 2 aromatic carbocycles. The number of carbonyl (C=O) groups excluding carboxylic acids is 1. The topological polar surface area (TPSA) is 47.6 Å². The Labute approximate surface area is 197 Å². The summed E-state index contributed by atoms with van der Waals surface area (Å²) in [6.45, 7) is 3.95. The van der Waals surface area contributed by atoms with E-state index < -0.39 is 34.8 Å². The molecule has 1 heterocycles. The van der Waals surface area contributed by atoms with E-state index in [-0.39, 0.29) is 43.1 Å². The summed E-state index contributed by atoms with van der Waals surface area (Å²) in [6, 6.07) is 4.98. The first-order valence-electron chi connectivity index (χ1n) is 9.94. The molecule has 1 saturated heterocycles. The maximum atomic E-state index is 14.1. The summed E-state index contributed by atoms with van der Waals surface area (Å²) >= 11 is 11.5. The molecule has 178 valence electrons. The molecule has 0 radical (unpaired) electrons. The van der Waals surface area contributed by atoms with Crippen molar-refractivity contribution >= 4 is 51.9 Å². The molecule has 5 nitrogen and oxygen atoms in total. The predicted molar refractivity (Wildman–Crippen MR) is 121 cm³/mol. The molecule has 2 aromatic rings. The molecule has 0 aromatic heterocycles. The minimum atomic E-state index is -2.18. The van der Waals surface area contributed by atoms with E-state index in [0.717, 1.165) is 4.90 Å². The number of carbonyl (C=O) groups is 1. The van der Waals surface area contributed by atoms with Crippen molar-refractivity contribution < 1.29 is 26.7 Å². The van der Waals surface area contributed by atoms with Crippen molar-refractivity contribution in [2.24, 2.45) is 5.92 Å². The number of benzene rings is 2. The summed E-state index contributed by atoms with van der Waals surface area (Å²) in [5.74, 6) is -10.3. The number of piperazine rings is 1. The van der Waals surface area contributed by atoms with Crippen LogP contribution in [-0.4, -0.2) is 37.2 Å². The van der Waals surface area contributed by atoms with Gasteiger partial charge in [0, 0.05) is 37.8 Å². The monoisotopic (exact) mass is 506 g/mol. The number of amides is 1. The van der Waals surface area contributed by atoms with Crippen LogP contribution in [0.1, 0.15) is 13.8 Å². The van der Waals surface area contributed by atoms with Crippen LogP contribution < -0.4 is 20.4 Å². The lowest BCUT2D eigenvalue weighted by Gasteiger charge is -2.38. The number of anilines is 3. The molecule has 12 heteroatoms. The van der Waals surface area contributed by atoms with Gasteiger partial charge in [0.1, 0.15) is 5.69 Å². The van der Waals surface area contributed by atoms with E-state index in [4.69, 9.17) is 23.8 Å². The molecule has 1 aliphatic heterocycles. The normalized spacial score (nSPS) is 14.0. The average molecular weight is 507 g/mol. The molecular weight excluding hydrogens is 487 g/mol. The van der Waals surface area contributed by atoms with E-state index in [1.54, 1.807) is 32.0 Å². The third-order valence-corrected chi connectivity index (χ3v) is 5.60. The van der Waals surface area contributed by atoms with Crippen molar-refractivity contribution in [3.8, 4) is 0 Å². The molecule has 0 aliphatic carbocycles. The molecular formula is C21H20ClF5N4OS. The van der Waals surface area contributed by atoms with Gasteiger partial charge in [-0.3, -0.25) is 4.79 Å². The van der Waals surface area contributed by atoms with Gasteiger partial charge >= 0.3 is 0 Å². The van der Waals surface area contributed by atoms with Gasteiger partial charge in [-0.15, -0.1) is 0 Å². The third-order valence-electron chi connectivity index (χ3n) is 5.09. The zero-order chi connectivity index (χ0) is 24.4. The zero-order valence-corrected chi connectivity index (χ0v) is 19.2. The highest BCUT2D eigenvalue weighted by Crippen LogP contribution is 2.33. The molecule has 0 bridgehead atoms. The molecule has 0 atom stereocenters. The molecule has 2 N–H and O–H groups in total. The van der Waals surface area contributed by atoms with E-state index in [1.807, 2.05) is 4.90 Å². The molecule has 0 saturated carbocycles. The van der Waals surface area contributed by atoms with E-state index in [0.29, 0.717) is 16.4 Å². The minimum Gasteiger partial charge on any atom is -0.367 e. The highest BCUT2D eigenvalue weighted by Gasteiger charge is 2.31. The van der Waals surface area contributed by atoms with E-state index in [2.05, 4.69) is 10.6 Å². The maximum absolute atomic E-state index is 14.1. The maximum Gasteiger partial charge on any atom is 0.228 e. The van der Waals surface area contributed by atoms with Gasteiger partial charge in [-0.05, 0) is 30.4 Å². The molecule has 3 rings (SSSR count). The van der Waals surface area contributed by atoms with Gasteiger partial charge in [0.05, 0.1) is 10.7 Å². The third kappa shape index (κ3) is 5.30. The van der Waals surface area contributed by atoms with Crippen LogP contribution in [0.25, 0.3) is 0 Å². The predicted octanol–water partition coefficient (Wildman–Crippen LogP) is 4.83. The van der Waals surface area contributed by atoms with Crippen molar-refractivity contribution in [3.63, 3.8) is 0 Å². The SMILES string of the molecule is CC(C)C(=O)NC(=S)Nc1ccc(N2CCN(c3c(F)c(F)c(F)c(F)c3F)CC2)c(Cl)c1. The lowest BCUT2D eigenvalue weighted by Crippen LogP contribution is -2.47. The van der Waals surface area contributed by atoms with Crippen LogP contribution in [0.4, 0.5) is 39.0 Å². The van der Waals surface area contributed by atoms with Gasteiger partial charge in [0.25, 0.3) is 0 Å². The Bertz CT molecular complexity index is 1060. The lowest BCUT2D eigenvalue weighted by molar-refractivity contribution is -0.122. The molecule has 0 spiro atoms. The van der Waals surface area contributed by atoms with Gasteiger partial charge in [-0.25, -0.2) is 22.0 Å². The molecule has 1 aliphatic rings. The van der Waals surface area contributed by atoms with E-state index in [9.17, 15) is 26.7 Å². The number of hydrogen-bond acceptors (Lipinski definition) is 4. The summed E-state index contributed by atoms with van der Waals surface area (Å²) < 4.78 is 68.6. The number of rotatable bonds is 4. The molecule has 1 fully saturated rings. The summed E-state index contributed by atoms with van der Waals surface area (Å²) in [7, 11) is 0. The average Bonchev–Trinajstić information content (AvgIpc) is 2.77. The van der Waals surface area contributed by atoms with Crippen LogP contribution in [0.5, 0.6) is 0 Å². The zero-order valence-electron chi connectivity index (χ0n) is 17.6. The van der Waals surface area contributed by atoms with Gasteiger partial charge < -0.3 is 20.4 Å². The van der Waals surface area contributed by atoms with Crippen molar-refractivity contribution in [3.05, 3.63) is 52.3 Å². The first kappa shape index (κ1) is 25.0. The van der Waals surface area contributed by atoms with Crippen molar-refractivity contribution in [2.75, 3.05) is 41.3 Å². The summed E-state index contributed by atoms with van der Waals surface area (Å²) in [5, 5.41) is 5.88. The highest BCUT2D eigenvalue weighted by atomic mass is 35.5. The Balaban J connectivity index is 1.68. The summed E-state index contributed by atoms with van der Waals surface area (Å²) in [4.78, 5) is 14.7. The Morgan fingerprint density at radius 2 is 1.45 bits per heavy atom. The fourth-order valence-corrected chi connectivity index (χ4v) is 3.82. The Morgan fingerprint density at radius 3 is 1.97 bits per heavy atom. The lowest BCUT2D eigenvalue weighted by atomic mass is 10.2. The van der Waals surface area contributed by atoms with Gasteiger partial charge in [-0.1, -0.05) is 25.4 Å². The first-order chi connectivity index (χ1) is 15.5. The number of hydrogen-bond donors (Lipinski definition) is 2. The fourth-order valence-electron chi connectivity index (χ4n) is 3.30. The second-order valence-corrected chi connectivity index (χ2v) is 8.47. The van der Waals surface area contributed by atoms with Gasteiger partial charge in [0.15, 0.2) is 28.4 Å². The standard InChI is InChI=1S/C21H20ClF5N4OS/c1-10(2)20(32)29-21(33)28-11-3-4-13(12(22)9-11)30-5-7-31(8-6-30)19-17(26)15(24)14(23)16(25)18(19)27/h3-4,9-10H,5-8H2,1-2H3,(H2,28,29,32,33). The second-order valence-electron chi connectivity index (χ2n) is 7.66. The van der Waals surface area contributed by atoms with E-state index >= 15 is 0 Å². The van der Waals surface area contributed by atoms with Crippen LogP contribution in [0.3, 0.4) is 0 Å². The number of nitrogens with zero attached hydrogens (tertiary/aromatic N) is 2. The van der Waals surface area contributed by atoms with Crippen LogP contribution >= 0.6 is 23.8 Å². The van der Waals surface area contributed by atoms with Crippen LogP contribution in [0, 0.1) is 35.0 Å². The summed E-state index contributed by atoms with van der Waals surface area (Å²) in [6.07, 6.45) is 0. The number of halogens is 6. The number of thiocarbonyl (C=S) groups is 1. The van der Waals surface area contributed by atoms with Crippen LogP contribution in [-0.2, 0) is 4.79 Å². The molecule has 33 heavy (non-hydrogen) atoms. The van der Waals surface area contributed by atoms with Gasteiger partial charge in [-0.2, -0.15) is 0 Å². The second kappa shape index (κ2) is 10.1. The quantitative estimate of drug-likeness (QED) is 0.269. The Morgan fingerprint density at radius 1 is 0.939 bits per heavy atom. The fraction of sp³-hybridized carbons (Fsp3) is 0.333. The number of nitrogens with one attached hydrogen (secondary N) is 2. The molecule has 1 amide bonds. The first-order valence-corrected chi connectivity index (χ1v) is 10.7. The Hall–Kier alpha value is -2.66.